The molecule has 0 bridgehead atoms. The molecule has 2 amide bonds. The van der Waals surface area contributed by atoms with Gasteiger partial charge in [-0.2, -0.15) is 0 Å². The van der Waals surface area contributed by atoms with Crippen LogP contribution in [0.2, 0.25) is 0 Å². The number of rotatable bonds is 4. The lowest BCUT2D eigenvalue weighted by Gasteiger charge is -2.50. The summed E-state index contributed by atoms with van der Waals surface area (Å²) in [6.45, 7) is 3.69. The van der Waals surface area contributed by atoms with Crippen molar-refractivity contribution in [1.82, 2.24) is 0 Å². The number of ether oxygens (including phenoxy) is 4. The average molecular weight is 482 g/mol. The minimum Gasteiger partial charge on any atom is -0.359 e. The molecule has 4 fully saturated rings. The van der Waals surface area contributed by atoms with Crippen LogP contribution in [0.5, 0.6) is 0 Å². The number of hydrogen-bond acceptors (Lipinski definition) is 7. The second kappa shape index (κ2) is 8.34. The molecular weight excluding hydrogens is 450 g/mol. The SMILES string of the molecule is COCO[C@@H]1[C@H]2OC(C)(C)O[C@H]2C(=O)[C@H]2CCC3C(=CC[C@H]4C(=O)N(c5ccccc5)C(=O)[C@@H]34)[C@@H]12. The molecule has 8 nitrogen and oxygen atoms in total. The van der Waals surface area contributed by atoms with E-state index in [1.54, 1.807) is 19.2 Å². The molecule has 1 aromatic rings. The Balaban J connectivity index is 1.35. The molecule has 0 radical (unpaired) electrons. The first-order valence-electron chi connectivity index (χ1n) is 12.4. The molecule has 35 heavy (non-hydrogen) atoms. The third-order valence-corrected chi connectivity index (χ3v) is 8.40. The summed E-state index contributed by atoms with van der Waals surface area (Å²) in [5.41, 5.74) is 1.67. The van der Waals surface area contributed by atoms with E-state index in [0.29, 0.717) is 24.9 Å². The highest BCUT2D eigenvalue weighted by Gasteiger charge is 2.63. The zero-order valence-electron chi connectivity index (χ0n) is 20.2. The first kappa shape index (κ1) is 23.0. The summed E-state index contributed by atoms with van der Waals surface area (Å²) in [5, 5.41) is 0. The maximum absolute atomic E-state index is 13.7. The lowest BCUT2D eigenvalue weighted by molar-refractivity contribution is -0.183. The molecule has 8 atom stereocenters. The van der Waals surface area contributed by atoms with E-state index in [1.165, 1.54) is 4.90 Å². The van der Waals surface area contributed by atoms with Gasteiger partial charge in [-0.15, -0.1) is 0 Å². The van der Waals surface area contributed by atoms with Gasteiger partial charge in [-0.3, -0.25) is 19.3 Å². The second-order valence-corrected chi connectivity index (χ2v) is 10.7. The zero-order valence-corrected chi connectivity index (χ0v) is 20.2. The number of allylic oxidation sites excluding steroid dienone is 1. The number of methoxy groups -OCH3 is 1. The van der Waals surface area contributed by atoms with Gasteiger partial charge in [0, 0.05) is 18.9 Å². The molecule has 3 aliphatic carbocycles. The highest BCUT2D eigenvalue weighted by Crippen LogP contribution is 2.56. The molecule has 1 aromatic carbocycles. The largest absolute Gasteiger partial charge is 0.359 e. The molecule has 2 saturated heterocycles. The number of fused-ring (bicyclic) bond motifs is 6. The Hall–Kier alpha value is -2.39. The van der Waals surface area contributed by atoms with Gasteiger partial charge in [0.25, 0.3) is 0 Å². The van der Waals surface area contributed by atoms with Crippen molar-refractivity contribution >= 4 is 23.3 Å². The van der Waals surface area contributed by atoms with E-state index in [4.69, 9.17) is 18.9 Å². The summed E-state index contributed by atoms with van der Waals surface area (Å²) in [6.07, 6.45) is 2.22. The Kier molecular flexibility index (Phi) is 5.49. The van der Waals surface area contributed by atoms with E-state index in [-0.39, 0.29) is 48.1 Å². The maximum Gasteiger partial charge on any atom is 0.238 e. The van der Waals surface area contributed by atoms with Crippen LogP contribution in [0, 0.1) is 29.6 Å². The Bertz CT molecular complexity index is 1080. The van der Waals surface area contributed by atoms with Crippen molar-refractivity contribution in [2.24, 2.45) is 29.6 Å². The van der Waals surface area contributed by atoms with Crippen molar-refractivity contribution < 1.29 is 33.3 Å². The third kappa shape index (κ3) is 3.45. The summed E-state index contributed by atoms with van der Waals surface area (Å²) < 4.78 is 23.6. The van der Waals surface area contributed by atoms with Gasteiger partial charge in [-0.25, -0.2) is 0 Å². The van der Waals surface area contributed by atoms with Crippen molar-refractivity contribution in [3.63, 3.8) is 0 Å². The molecule has 2 heterocycles. The molecule has 186 valence electrons. The number of Topliss-reactive ketones (excluding diaryl/α,β-unsaturated/α-hetero) is 1. The van der Waals surface area contributed by atoms with Gasteiger partial charge in [0.1, 0.15) is 19.0 Å². The number of hydrogen-bond donors (Lipinski definition) is 0. The quantitative estimate of drug-likeness (QED) is 0.371. The molecule has 6 rings (SSSR count). The molecule has 8 heteroatoms. The predicted octanol–water partition coefficient (Wildman–Crippen LogP) is 2.86. The number of carbonyl (C=O) groups is 3. The highest BCUT2D eigenvalue weighted by atomic mass is 16.8. The Morgan fingerprint density at radius 2 is 1.71 bits per heavy atom. The summed E-state index contributed by atoms with van der Waals surface area (Å²) in [4.78, 5) is 41.9. The lowest BCUT2D eigenvalue weighted by Crippen LogP contribution is -2.59. The minimum absolute atomic E-state index is 0.0454. The number of benzene rings is 1. The van der Waals surface area contributed by atoms with E-state index >= 15 is 0 Å². The molecule has 0 N–H and O–H groups in total. The molecular formula is C27H31NO7. The number of anilines is 1. The standard InChI is InChI=1S/C27H31NO7/c1-27(2)34-23-21(29)17-11-9-16-15(19(17)22(24(23)35-27)33-13-32-3)10-12-18-20(16)26(31)28(25(18)30)14-7-5-4-6-8-14/h4-8,10,16-20,22-24H,9,11-13H2,1-3H3/t16?,17-,18+,19+,20-,22-,23-,24+/m0/s1. The van der Waals surface area contributed by atoms with E-state index in [0.717, 1.165) is 5.57 Å². The summed E-state index contributed by atoms with van der Waals surface area (Å²) in [5.74, 6) is -2.52. The van der Waals surface area contributed by atoms with Gasteiger partial charge >= 0.3 is 0 Å². The van der Waals surface area contributed by atoms with Crippen molar-refractivity contribution in [3.05, 3.63) is 42.0 Å². The number of ketones is 1. The predicted molar refractivity (Wildman–Crippen MR) is 124 cm³/mol. The fraction of sp³-hybridized carbons (Fsp3) is 0.593. The van der Waals surface area contributed by atoms with Crippen LogP contribution >= 0.6 is 0 Å². The molecule has 2 saturated carbocycles. The van der Waals surface area contributed by atoms with Crippen LogP contribution in [0.4, 0.5) is 5.69 Å². The molecule has 0 aromatic heterocycles. The Morgan fingerprint density at radius 1 is 0.971 bits per heavy atom. The first-order chi connectivity index (χ1) is 16.8. The van der Waals surface area contributed by atoms with Crippen molar-refractivity contribution in [3.8, 4) is 0 Å². The topological polar surface area (TPSA) is 91.4 Å². The van der Waals surface area contributed by atoms with Crippen LogP contribution in [0.15, 0.2) is 42.0 Å². The average Bonchev–Trinajstić information content (AvgIpc) is 3.31. The number of nitrogens with zero attached hydrogens (tertiary/aromatic N) is 1. The monoisotopic (exact) mass is 481 g/mol. The fourth-order valence-electron chi connectivity index (χ4n) is 7.15. The van der Waals surface area contributed by atoms with E-state index in [2.05, 4.69) is 6.08 Å². The molecule has 1 unspecified atom stereocenters. The van der Waals surface area contributed by atoms with Crippen LogP contribution in [-0.2, 0) is 33.3 Å². The van der Waals surface area contributed by atoms with Crippen molar-refractivity contribution in [2.45, 2.75) is 57.2 Å². The first-order valence-corrected chi connectivity index (χ1v) is 12.4. The lowest BCUT2D eigenvalue weighted by atomic mass is 9.56. The van der Waals surface area contributed by atoms with Gasteiger partial charge < -0.3 is 18.9 Å². The Morgan fingerprint density at radius 3 is 2.46 bits per heavy atom. The second-order valence-electron chi connectivity index (χ2n) is 10.7. The molecule has 0 spiro atoms. The molecule has 2 aliphatic heterocycles. The van der Waals surface area contributed by atoms with E-state index < -0.39 is 30.0 Å². The van der Waals surface area contributed by atoms with Gasteiger partial charge in [-0.05, 0) is 51.2 Å². The van der Waals surface area contributed by atoms with Gasteiger partial charge in [0.15, 0.2) is 11.6 Å². The number of carbonyl (C=O) groups excluding carboxylic acids is 3. The van der Waals surface area contributed by atoms with Crippen LogP contribution in [-0.4, -0.2) is 55.6 Å². The normalized spacial score (nSPS) is 39.6. The van der Waals surface area contributed by atoms with Crippen LogP contribution in [0.1, 0.15) is 33.1 Å². The zero-order chi connectivity index (χ0) is 24.5. The number of imide groups is 1. The smallest absolute Gasteiger partial charge is 0.238 e. The summed E-state index contributed by atoms with van der Waals surface area (Å²) >= 11 is 0. The van der Waals surface area contributed by atoms with Crippen molar-refractivity contribution in [1.29, 1.82) is 0 Å². The number of para-hydroxylation sites is 1. The van der Waals surface area contributed by atoms with Gasteiger partial charge in [0.2, 0.25) is 11.8 Å². The fourth-order valence-corrected chi connectivity index (χ4v) is 7.15. The highest BCUT2D eigenvalue weighted by molar-refractivity contribution is 6.22. The summed E-state index contributed by atoms with van der Waals surface area (Å²) in [7, 11) is 1.56. The van der Waals surface area contributed by atoms with Gasteiger partial charge in [0.05, 0.1) is 23.6 Å². The van der Waals surface area contributed by atoms with E-state index in [9.17, 15) is 14.4 Å². The minimum atomic E-state index is -0.886. The van der Waals surface area contributed by atoms with Crippen LogP contribution in [0.3, 0.4) is 0 Å². The Labute approximate surface area is 204 Å². The summed E-state index contributed by atoms with van der Waals surface area (Å²) in [6, 6.07) is 9.13. The number of amides is 2. The maximum atomic E-state index is 13.7. The van der Waals surface area contributed by atoms with Crippen LogP contribution in [0.25, 0.3) is 0 Å². The van der Waals surface area contributed by atoms with Gasteiger partial charge in [-0.1, -0.05) is 29.8 Å². The van der Waals surface area contributed by atoms with Crippen LogP contribution < -0.4 is 4.90 Å². The third-order valence-electron chi connectivity index (χ3n) is 8.40. The van der Waals surface area contributed by atoms with E-state index in [1.807, 2.05) is 32.0 Å². The molecule has 5 aliphatic rings. The van der Waals surface area contributed by atoms with Crippen molar-refractivity contribution in [2.75, 3.05) is 18.8 Å².